The van der Waals surface area contributed by atoms with Crippen LogP contribution in [-0.2, 0) is 33.2 Å². The fraction of sp³-hybridized carbons (Fsp3) is 0.600. The molecule has 3 aliphatic rings. The van der Waals surface area contributed by atoms with Gasteiger partial charge in [0.1, 0.15) is 18.3 Å². The molecule has 0 spiro atoms. The van der Waals surface area contributed by atoms with E-state index < -0.39 is 54.2 Å². The lowest BCUT2D eigenvalue weighted by molar-refractivity contribution is -0.229. The van der Waals surface area contributed by atoms with E-state index >= 15 is 0 Å². The summed E-state index contributed by atoms with van der Waals surface area (Å²) in [6.07, 6.45) is -3.57. The van der Waals surface area contributed by atoms with E-state index in [1.165, 1.54) is 7.11 Å². The Labute approximate surface area is 168 Å². The molecule has 9 nitrogen and oxygen atoms in total. The summed E-state index contributed by atoms with van der Waals surface area (Å²) < 4.78 is 34.4. The minimum atomic E-state index is -1.02. The molecule has 0 aromatic heterocycles. The molecule has 1 amide bonds. The van der Waals surface area contributed by atoms with E-state index in [1.807, 2.05) is 0 Å². The van der Waals surface area contributed by atoms with Crippen molar-refractivity contribution in [3.05, 3.63) is 29.8 Å². The van der Waals surface area contributed by atoms with Crippen LogP contribution >= 0.6 is 0 Å². The van der Waals surface area contributed by atoms with Gasteiger partial charge in [0.05, 0.1) is 18.4 Å². The van der Waals surface area contributed by atoms with Crippen molar-refractivity contribution >= 4 is 17.6 Å². The number of carbonyl (C=O) groups is 2. The van der Waals surface area contributed by atoms with Crippen molar-refractivity contribution in [1.82, 2.24) is 0 Å². The van der Waals surface area contributed by atoms with Gasteiger partial charge in [-0.1, -0.05) is 12.1 Å². The smallest absolute Gasteiger partial charge is 0.339 e. The third-order valence-corrected chi connectivity index (χ3v) is 5.00. The number of anilines is 1. The van der Waals surface area contributed by atoms with Crippen molar-refractivity contribution < 1.29 is 38.0 Å². The Morgan fingerprint density at radius 1 is 0.931 bits per heavy atom. The Morgan fingerprint density at radius 2 is 1.55 bits per heavy atom. The maximum Gasteiger partial charge on any atom is 0.339 e. The summed E-state index contributed by atoms with van der Waals surface area (Å²) in [6.45, 7) is 7.07. The molecule has 1 N–H and O–H groups in total. The predicted molar refractivity (Wildman–Crippen MR) is 98.9 cm³/mol. The van der Waals surface area contributed by atoms with Crippen molar-refractivity contribution in [3.63, 3.8) is 0 Å². The van der Waals surface area contributed by atoms with E-state index in [9.17, 15) is 9.59 Å². The number of carbonyl (C=O) groups excluding carboxylic acids is 2. The SMILES string of the molecule is COC(=O)c1ccccc1NC(=O)[C@@H]1O[C@H]2OC(C)(C)O[C@@H]2[C@@H]2OC(C)(C)O[C@H]21. The molecule has 158 valence electrons. The largest absolute Gasteiger partial charge is 0.465 e. The number of nitrogens with one attached hydrogen (secondary N) is 1. The number of esters is 1. The van der Waals surface area contributed by atoms with Crippen molar-refractivity contribution in [2.24, 2.45) is 0 Å². The average Bonchev–Trinajstić information content (AvgIpc) is 3.14. The minimum absolute atomic E-state index is 0.235. The molecule has 0 saturated carbocycles. The Bertz CT molecular complexity index is 822. The van der Waals surface area contributed by atoms with Crippen LogP contribution in [0.25, 0.3) is 0 Å². The number of benzene rings is 1. The zero-order chi connectivity index (χ0) is 21.0. The van der Waals surface area contributed by atoms with Crippen molar-refractivity contribution in [3.8, 4) is 0 Å². The van der Waals surface area contributed by atoms with Gasteiger partial charge in [-0.25, -0.2) is 4.79 Å². The second-order valence-corrected chi connectivity index (χ2v) is 8.12. The Kier molecular flexibility index (Phi) is 4.91. The van der Waals surface area contributed by atoms with Crippen LogP contribution in [0.1, 0.15) is 38.1 Å². The monoisotopic (exact) mass is 407 g/mol. The highest BCUT2D eigenvalue weighted by Gasteiger charge is 2.62. The van der Waals surface area contributed by atoms with E-state index in [-0.39, 0.29) is 5.56 Å². The molecule has 0 aliphatic carbocycles. The van der Waals surface area contributed by atoms with Gasteiger partial charge in [0.2, 0.25) is 0 Å². The van der Waals surface area contributed by atoms with Gasteiger partial charge in [-0.15, -0.1) is 0 Å². The summed E-state index contributed by atoms with van der Waals surface area (Å²) in [5.74, 6) is -2.83. The number of fused-ring (bicyclic) bond motifs is 3. The first kappa shape index (κ1) is 20.2. The van der Waals surface area contributed by atoms with Gasteiger partial charge in [-0.3, -0.25) is 4.79 Å². The third kappa shape index (κ3) is 3.76. The lowest BCUT2D eigenvalue weighted by Gasteiger charge is -2.36. The zero-order valence-corrected chi connectivity index (χ0v) is 17.0. The Balaban J connectivity index is 1.59. The molecule has 9 heteroatoms. The van der Waals surface area contributed by atoms with Crippen LogP contribution in [0.4, 0.5) is 5.69 Å². The molecular formula is C20H25NO8. The zero-order valence-electron chi connectivity index (χ0n) is 17.0. The van der Waals surface area contributed by atoms with Gasteiger partial charge in [0.25, 0.3) is 5.91 Å². The van der Waals surface area contributed by atoms with Crippen LogP contribution in [0.15, 0.2) is 24.3 Å². The third-order valence-electron chi connectivity index (χ3n) is 5.00. The van der Waals surface area contributed by atoms with E-state index in [0.717, 1.165) is 0 Å². The van der Waals surface area contributed by atoms with Crippen LogP contribution in [0.2, 0.25) is 0 Å². The van der Waals surface area contributed by atoms with Crippen molar-refractivity contribution in [2.75, 3.05) is 12.4 Å². The fourth-order valence-corrected chi connectivity index (χ4v) is 3.91. The average molecular weight is 407 g/mol. The lowest BCUT2D eigenvalue weighted by atomic mass is 9.98. The first-order valence-corrected chi connectivity index (χ1v) is 9.45. The molecule has 0 bridgehead atoms. The molecule has 5 atom stereocenters. The molecular weight excluding hydrogens is 382 g/mol. The lowest BCUT2D eigenvalue weighted by Crippen LogP contribution is -2.58. The van der Waals surface area contributed by atoms with Crippen LogP contribution in [0.3, 0.4) is 0 Å². The summed E-state index contributed by atoms with van der Waals surface area (Å²) in [6, 6.07) is 6.57. The number of rotatable bonds is 3. The summed E-state index contributed by atoms with van der Waals surface area (Å²) in [5.41, 5.74) is 0.549. The number of ether oxygens (including phenoxy) is 6. The second kappa shape index (κ2) is 7.03. The van der Waals surface area contributed by atoms with E-state index in [4.69, 9.17) is 28.4 Å². The molecule has 3 heterocycles. The van der Waals surface area contributed by atoms with Crippen molar-refractivity contribution in [2.45, 2.75) is 70.0 Å². The molecule has 1 aromatic rings. The highest BCUT2D eigenvalue weighted by molar-refractivity contribution is 6.02. The Morgan fingerprint density at radius 3 is 2.28 bits per heavy atom. The minimum Gasteiger partial charge on any atom is -0.465 e. The Hall–Kier alpha value is -2.04. The van der Waals surface area contributed by atoms with Crippen LogP contribution < -0.4 is 5.32 Å². The standard InChI is InChI=1S/C20H25NO8/c1-19(2)26-12-13(27-19)15-18(29-20(3,4)28-15)25-14(12)16(22)21-11-9-7-6-8-10(11)17(23)24-5/h6-9,12-15,18H,1-5H3,(H,21,22)/t12-,13-,14-,15-,18+/m1/s1. The molecule has 29 heavy (non-hydrogen) atoms. The normalized spacial score (nSPS) is 34.2. The molecule has 3 fully saturated rings. The first-order chi connectivity index (χ1) is 13.6. The highest BCUT2D eigenvalue weighted by atomic mass is 16.9. The molecule has 4 rings (SSSR count). The van der Waals surface area contributed by atoms with Gasteiger partial charge in [-0.05, 0) is 39.8 Å². The van der Waals surface area contributed by atoms with Crippen molar-refractivity contribution in [1.29, 1.82) is 0 Å². The predicted octanol–water partition coefficient (Wildman–Crippen LogP) is 1.81. The second-order valence-electron chi connectivity index (χ2n) is 8.12. The summed E-state index contributed by atoms with van der Waals surface area (Å²) in [4.78, 5) is 25.1. The molecule has 3 saturated heterocycles. The maximum atomic E-state index is 13.1. The first-order valence-electron chi connectivity index (χ1n) is 9.45. The number of methoxy groups -OCH3 is 1. The number of para-hydroxylation sites is 1. The topological polar surface area (TPSA) is 102 Å². The van der Waals surface area contributed by atoms with E-state index in [2.05, 4.69) is 5.32 Å². The van der Waals surface area contributed by atoms with Gasteiger partial charge < -0.3 is 33.7 Å². The van der Waals surface area contributed by atoms with E-state index in [1.54, 1.807) is 52.0 Å². The molecule has 1 aromatic carbocycles. The highest BCUT2D eigenvalue weighted by Crippen LogP contribution is 2.44. The van der Waals surface area contributed by atoms with Gasteiger partial charge in [-0.2, -0.15) is 0 Å². The molecule has 0 unspecified atom stereocenters. The summed E-state index contributed by atoms with van der Waals surface area (Å²) in [7, 11) is 1.28. The van der Waals surface area contributed by atoms with E-state index in [0.29, 0.717) is 5.69 Å². The van der Waals surface area contributed by atoms with Gasteiger partial charge in [0.15, 0.2) is 24.0 Å². The van der Waals surface area contributed by atoms with Crippen LogP contribution in [0.5, 0.6) is 0 Å². The van der Waals surface area contributed by atoms with Gasteiger partial charge >= 0.3 is 5.97 Å². The van der Waals surface area contributed by atoms with Gasteiger partial charge in [0, 0.05) is 0 Å². The number of amides is 1. The number of hydrogen-bond donors (Lipinski definition) is 1. The van der Waals surface area contributed by atoms with Crippen LogP contribution in [0, 0.1) is 0 Å². The summed E-state index contributed by atoms with van der Waals surface area (Å²) >= 11 is 0. The maximum absolute atomic E-state index is 13.1. The molecule has 0 radical (unpaired) electrons. The number of hydrogen-bond acceptors (Lipinski definition) is 8. The van der Waals surface area contributed by atoms with Crippen LogP contribution in [-0.4, -0.2) is 61.3 Å². The summed E-state index contributed by atoms with van der Waals surface area (Å²) in [5, 5.41) is 2.74. The molecule has 3 aliphatic heterocycles. The fourth-order valence-electron chi connectivity index (χ4n) is 3.91. The quantitative estimate of drug-likeness (QED) is 0.757.